The Bertz CT molecular complexity index is 417. The number of carbonyl (C=O) groups is 2. The van der Waals surface area contributed by atoms with Crippen LogP contribution in [0.3, 0.4) is 0 Å². The minimum Gasteiger partial charge on any atom is -0.454 e. The van der Waals surface area contributed by atoms with Gasteiger partial charge in [-0.3, -0.25) is 9.59 Å². The van der Waals surface area contributed by atoms with E-state index in [4.69, 9.17) is 30.4 Å². The Labute approximate surface area is 133 Å². The van der Waals surface area contributed by atoms with Crippen LogP contribution < -0.4 is 11.5 Å². The monoisotopic (exact) mass is 336 g/mol. The fourth-order valence-electron chi connectivity index (χ4n) is 1.97. The van der Waals surface area contributed by atoms with Gasteiger partial charge in [0.05, 0.1) is 6.61 Å². The minimum absolute atomic E-state index is 0.554. The first-order valence-electron chi connectivity index (χ1n) is 7.12. The number of ether oxygens (including phenoxy) is 4. The second kappa shape index (κ2) is 8.52. The first-order chi connectivity index (χ1) is 10.7. The van der Waals surface area contributed by atoms with Crippen molar-refractivity contribution >= 4 is 11.9 Å². The van der Waals surface area contributed by atoms with Gasteiger partial charge in [-0.2, -0.15) is 0 Å². The maximum Gasteiger partial charge on any atom is 0.323 e. The van der Waals surface area contributed by atoms with Crippen LogP contribution in [0, 0.1) is 0 Å². The van der Waals surface area contributed by atoms with Crippen LogP contribution >= 0.6 is 0 Å². The molecule has 0 saturated carbocycles. The molecule has 0 radical (unpaired) electrons. The van der Waals surface area contributed by atoms with E-state index in [0.717, 1.165) is 0 Å². The highest BCUT2D eigenvalue weighted by molar-refractivity contribution is 5.76. The van der Waals surface area contributed by atoms with Crippen molar-refractivity contribution in [2.45, 2.75) is 56.6 Å². The van der Waals surface area contributed by atoms with Gasteiger partial charge in [-0.25, -0.2) is 0 Å². The summed E-state index contributed by atoms with van der Waals surface area (Å²) in [7, 11) is 1.27. The maximum absolute atomic E-state index is 11.7. The van der Waals surface area contributed by atoms with Crippen molar-refractivity contribution in [3.8, 4) is 0 Å². The number of aliphatic hydroxyl groups is 2. The van der Waals surface area contributed by atoms with Crippen molar-refractivity contribution < 1.29 is 38.7 Å². The molecule has 0 aliphatic carbocycles. The fourth-order valence-corrected chi connectivity index (χ4v) is 1.97. The van der Waals surface area contributed by atoms with Crippen LogP contribution in [0.1, 0.15) is 13.8 Å². The summed E-state index contributed by atoms with van der Waals surface area (Å²) < 4.78 is 20.6. The van der Waals surface area contributed by atoms with Crippen molar-refractivity contribution in [2.75, 3.05) is 13.7 Å². The van der Waals surface area contributed by atoms with Gasteiger partial charge in [-0.1, -0.05) is 0 Å². The summed E-state index contributed by atoms with van der Waals surface area (Å²) in [5.41, 5.74) is 10.9. The van der Waals surface area contributed by atoms with E-state index in [1.54, 1.807) is 0 Å². The summed E-state index contributed by atoms with van der Waals surface area (Å²) in [6, 6.07) is -1.90. The van der Waals surface area contributed by atoms with Gasteiger partial charge in [0.15, 0.2) is 18.5 Å². The van der Waals surface area contributed by atoms with E-state index < -0.39 is 61.3 Å². The smallest absolute Gasteiger partial charge is 0.323 e. The Balaban J connectivity index is 3.04. The maximum atomic E-state index is 11.7. The molecule has 1 aliphatic rings. The summed E-state index contributed by atoms with van der Waals surface area (Å²) in [5.74, 6) is -1.61. The number of nitrogens with two attached hydrogens (primary N) is 2. The number of rotatable bonds is 6. The number of hydrogen-bond acceptors (Lipinski definition) is 10. The normalized spacial score (nSPS) is 33.6. The molecule has 23 heavy (non-hydrogen) atoms. The first kappa shape index (κ1) is 19.7. The highest BCUT2D eigenvalue weighted by Crippen LogP contribution is 2.27. The Hall–Kier alpha value is -1.30. The second-order valence-electron chi connectivity index (χ2n) is 5.33. The molecule has 1 aliphatic heterocycles. The van der Waals surface area contributed by atoms with Gasteiger partial charge >= 0.3 is 11.9 Å². The topological polar surface area (TPSA) is 164 Å². The second-order valence-corrected chi connectivity index (χ2v) is 5.33. The third kappa shape index (κ3) is 4.83. The molecule has 1 fully saturated rings. The third-order valence-electron chi connectivity index (χ3n) is 3.28. The van der Waals surface area contributed by atoms with Crippen molar-refractivity contribution in [2.24, 2.45) is 11.5 Å². The van der Waals surface area contributed by atoms with Gasteiger partial charge in [0.25, 0.3) is 0 Å². The SMILES string of the molecule is CO[C@@H]1O[C@H](CO)[C@@H](O)[C@H](OC(=O)[C@H](C)N)[C@H]1OC(=O)[C@H](C)N. The van der Waals surface area contributed by atoms with Gasteiger partial charge in [0.2, 0.25) is 0 Å². The van der Waals surface area contributed by atoms with E-state index in [2.05, 4.69) is 0 Å². The molecule has 1 saturated heterocycles. The molecule has 0 aromatic carbocycles. The lowest BCUT2D eigenvalue weighted by Crippen LogP contribution is -2.62. The fraction of sp³-hybridized carbons (Fsp3) is 0.846. The van der Waals surface area contributed by atoms with Gasteiger partial charge < -0.3 is 40.6 Å². The van der Waals surface area contributed by atoms with Gasteiger partial charge in [0.1, 0.15) is 24.3 Å². The lowest BCUT2D eigenvalue weighted by atomic mass is 9.98. The van der Waals surface area contributed by atoms with Crippen LogP contribution in [0.5, 0.6) is 0 Å². The molecule has 0 bridgehead atoms. The zero-order valence-corrected chi connectivity index (χ0v) is 13.2. The number of hydrogen-bond donors (Lipinski definition) is 4. The van der Waals surface area contributed by atoms with E-state index in [-0.39, 0.29) is 0 Å². The number of methoxy groups -OCH3 is 1. The van der Waals surface area contributed by atoms with Gasteiger partial charge in [-0.05, 0) is 13.8 Å². The molecule has 0 aromatic rings. The minimum atomic E-state index is -1.44. The zero-order valence-electron chi connectivity index (χ0n) is 13.2. The van der Waals surface area contributed by atoms with E-state index in [9.17, 15) is 19.8 Å². The zero-order chi connectivity index (χ0) is 17.7. The number of carbonyl (C=O) groups excluding carboxylic acids is 2. The van der Waals surface area contributed by atoms with Crippen LogP contribution in [-0.2, 0) is 28.5 Å². The van der Waals surface area contributed by atoms with Crippen molar-refractivity contribution in [1.82, 2.24) is 0 Å². The van der Waals surface area contributed by atoms with Crippen molar-refractivity contribution in [3.05, 3.63) is 0 Å². The highest BCUT2D eigenvalue weighted by Gasteiger charge is 2.50. The average molecular weight is 336 g/mol. The van der Waals surface area contributed by atoms with Crippen LogP contribution in [-0.4, -0.2) is 78.7 Å². The molecular weight excluding hydrogens is 312 g/mol. The Morgan fingerprint density at radius 1 is 1.13 bits per heavy atom. The molecule has 7 atom stereocenters. The van der Waals surface area contributed by atoms with Crippen LogP contribution in [0.15, 0.2) is 0 Å². The molecule has 0 spiro atoms. The molecule has 0 amide bonds. The third-order valence-corrected chi connectivity index (χ3v) is 3.28. The van der Waals surface area contributed by atoms with Gasteiger partial charge in [-0.15, -0.1) is 0 Å². The standard InChI is InChI=1S/C13H24N2O8/c1-5(14)11(18)22-9-8(17)7(4-16)21-13(20-3)10(9)23-12(19)6(2)15/h5-10,13,16-17H,4,14-15H2,1-3H3/t5-,6-,7+,8+,9-,10+,13+/m0/s1. The summed E-state index contributed by atoms with van der Waals surface area (Å²) in [6.45, 7) is 2.25. The lowest BCUT2D eigenvalue weighted by molar-refractivity contribution is -0.300. The Morgan fingerprint density at radius 2 is 1.61 bits per heavy atom. The average Bonchev–Trinajstić information content (AvgIpc) is 2.50. The van der Waals surface area contributed by atoms with Crippen LogP contribution in [0.2, 0.25) is 0 Å². The predicted octanol–water partition coefficient (Wildman–Crippen LogP) is -2.77. The van der Waals surface area contributed by atoms with E-state index >= 15 is 0 Å². The number of aliphatic hydroxyl groups excluding tert-OH is 2. The molecule has 10 nitrogen and oxygen atoms in total. The summed E-state index contributed by atoms with van der Waals surface area (Å²) in [6.07, 6.45) is -6.29. The molecule has 1 rings (SSSR count). The molecule has 0 aromatic heterocycles. The van der Waals surface area contributed by atoms with Crippen LogP contribution in [0.25, 0.3) is 0 Å². The highest BCUT2D eigenvalue weighted by atomic mass is 16.7. The molecular formula is C13H24N2O8. The largest absolute Gasteiger partial charge is 0.454 e. The van der Waals surface area contributed by atoms with Crippen molar-refractivity contribution in [3.63, 3.8) is 0 Å². The summed E-state index contributed by atoms with van der Waals surface area (Å²) in [5, 5.41) is 19.5. The molecule has 6 N–H and O–H groups in total. The van der Waals surface area contributed by atoms with E-state index in [1.807, 2.05) is 0 Å². The molecule has 0 unspecified atom stereocenters. The predicted molar refractivity (Wildman–Crippen MR) is 75.8 cm³/mol. The summed E-state index contributed by atoms with van der Waals surface area (Å²) >= 11 is 0. The van der Waals surface area contributed by atoms with E-state index in [0.29, 0.717) is 0 Å². The summed E-state index contributed by atoms with van der Waals surface area (Å²) in [4.78, 5) is 23.5. The lowest BCUT2D eigenvalue weighted by Gasteiger charge is -2.42. The Morgan fingerprint density at radius 3 is 2.00 bits per heavy atom. The van der Waals surface area contributed by atoms with E-state index in [1.165, 1.54) is 21.0 Å². The molecule has 1 heterocycles. The van der Waals surface area contributed by atoms with Gasteiger partial charge in [0, 0.05) is 7.11 Å². The molecule has 10 heteroatoms. The number of esters is 2. The Kier molecular flexibility index (Phi) is 7.32. The molecule has 134 valence electrons. The van der Waals surface area contributed by atoms with Crippen LogP contribution in [0.4, 0.5) is 0 Å². The van der Waals surface area contributed by atoms with Crippen molar-refractivity contribution in [1.29, 1.82) is 0 Å². The first-order valence-corrected chi connectivity index (χ1v) is 7.12. The quantitative estimate of drug-likeness (QED) is 0.373.